The Kier molecular flexibility index (Phi) is 8.02. The Morgan fingerprint density at radius 3 is 2.53 bits per heavy atom. The summed E-state index contributed by atoms with van der Waals surface area (Å²) in [4.78, 5) is 12.2. The van der Waals surface area contributed by atoms with Gasteiger partial charge in [-0.3, -0.25) is 4.79 Å². The molecule has 1 aliphatic heterocycles. The first-order valence-electron chi connectivity index (χ1n) is 7.20. The van der Waals surface area contributed by atoms with Gasteiger partial charge in [-0.1, -0.05) is 6.92 Å². The molecule has 0 bridgehead atoms. The van der Waals surface area contributed by atoms with Gasteiger partial charge in [-0.2, -0.15) is 0 Å². The van der Waals surface area contributed by atoms with Gasteiger partial charge in [0.25, 0.3) is 0 Å². The number of nitrogens with one attached hydrogen (secondary N) is 1. The molecule has 0 aromatic rings. The van der Waals surface area contributed by atoms with E-state index in [1.807, 2.05) is 0 Å². The molecule has 1 heterocycles. The summed E-state index contributed by atoms with van der Waals surface area (Å²) in [5, 5.41) is 3.28. The summed E-state index contributed by atoms with van der Waals surface area (Å²) in [7, 11) is 1.67. The van der Waals surface area contributed by atoms with Gasteiger partial charge in [0.05, 0.1) is 12.0 Å². The molecule has 0 atom stereocenters. The number of carbonyl (C=O) groups excluding carboxylic acids is 1. The second kappa shape index (κ2) is 9.28. The van der Waals surface area contributed by atoms with Crippen molar-refractivity contribution in [2.45, 2.75) is 32.6 Å². The average Bonchev–Trinajstić information content (AvgIpc) is 2.46. The third-order valence-corrected chi connectivity index (χ3v) is 3.77. The van der Waals surface area contributed by atoms with Crippen molar-refractivity contribution >= 4 is 5.97 Å². The van der Waals surface area contributed by atoms with E-state index in [2.05, 4.69) is 12.2 Å². The van der Waals surface area contributed by atoms with Crippen molar-refractivity contribution in [1.82, 2.24) is 5.32 Å². The molecule has 0 unspecified atom stereocenters. The van der Waals surface area contributed by atoms with E-state index in [1.54, 1.807) is 7.11 Å². The van der Waals surface area contributed by atoms with E-state index >= 15 is 0 Å². The van der Waals surface area contributed by atoms with Crippen LogP contribution in [-0.2, 0) is 19.0 Å². The molecule has 0 aliphatic carbocycles. The number of hydrogen-bond donors (Lipinski definition) is 1. The highest BCUT2D eigenvalue weighted by molar-refractivity contribution is 5.77. The molecule has 5 heteroatoms. The molecule has 1 N–H and O–H groups in total. The largest absolute Gasteiger partial charge is 0.463 e. The lowest BCUT2D eigenvalue weighted by Crippen LogP contribution is -2.43. The highest BCUT2D eigenvalue weighted by atomic mass is 16.6. The summed E-state index contributed by atoms with van der Waals surface area (Å²) >= 11 is 0. The fourth-order valence-corrected chi connectivity index (χ4v) is 2.36. The van der Waals surface area contributed by atoms with Gasteiger partial charge in [0.15, 0.2) is 0 Å². The lowest BCUT2D eigenvalue weighted by atomic mass is 9.77. The molecule has 0 aromatic carbocycles. The summed E-state index contributed by atoms with van der Waals surface area (Å²) in [6, 6.07) is 0. The Hall–Kier alpha value is -0.650. The van der Waals surface area contributed by atoms with Crippen molar-refractivity contribution in [3.8, 4) is 0 Å². The molecule has 1 saturated heterocycles. The lowest BCUT2D eigenvalue weighted by molar-refractivity contribution is -0.159. The normalized spacial score (nSPS) is 18.2. The van der Waals surface area contributed by atoms with Crippen LogP contribution >= 0.6 is 0 Å². The van der Waals surface area contributed by atoms with Crippen LogP contribution in [0.4, 0.5) is 0 Å². The molecule has 0 saturated carbocycles. The highest BCUT2D eigenvalue weighted by Crippen LogP contribution is 2.33. The summed E-state index contributed by atoms with van der Waals surface area (Å²) < 4.78 is 15.7. The van der Waals surface area contributed by atoms with Crippen LogP contribution in [0.5, 0.6) is 0 Å². The monoisotopic (exact) mass is 273 g/mol. The SMILES string of the molecule is CCC1(C(=O)OCCOCCCOC)CCNCC1. The molecular weight excluding hydrogens is 246 g/mol. The predicted molar refractivity (Wildman–Crippen MR) is 73.1 cm³/mol. The van der Waals surface area contributed by atoms with Gasteiger partial charge in [-0.05, 0) is 38.8 Å². The maximum absolute atomic E-state index is 12.2. The molecule has 112 valence electrons. The topological polar surface area (TPSA) is 56.8 Å². The van der Waals surface area contributed by atoms with Crippen molar-refractivity contribution in [2.75, 3.05) is 46.6 Å². The summed E-state index contributed by atoms with van der Waals surface area (Å²) in [5.41, 5.74) is -0.276. The van der Waals surface area contributed by atoms with E-state index in [0.29, 0.717) is 26.4 Å². The smallest absolute Gasteiger partial charge is 0.312 e. The minimum Gasteiger partial charge on any atom is -0.463 e. The minimum atomic E-state index is -0.276. The van der Waals surface area contributed by atoms with E-state index in [1.165, 1.54) is 0 Å². The number of esters is 1. The fourth-order valence-electron chi connectivity index (χ4n) is 2.36. The summed E-state index contributed by atoms with van der Waals surface area (Å²) in [5.74, 6) is -0.0583. The van der Waals surface area contributed by atoms with E-state index < -0.39 is 0 Å². The van der Waals surface area contributed by atoms with Crippen LogP contribution in [0.2, 0.25) is 0 Å². The zero-order valence-corrected chi connectivity index (χ0v) is 12.2. The standard InChI is InChI=1S/C14H27NO4/c1-3-14(5-7-15-8-6-14)13(16)19-12-11-18-10-4-9-17-2/h15H,3-12H2,1-2H3. The first-order valence-corrected chi connectivity index (χ1v) is 7.20. The maximum Gasteiger partial charge on any atom is 0.312 e. The molecule has 1 fully saturated rings. The first-order chi connectivity index (χ1) is 9.25. The van der Waals surface area contributed by atoms with Crippen LogP contribution in [0.15, 0.2) is 0 Å². The Balaban J connectivity index is 2.15. The van der Waals surface area contributed by atoms with Crippen LogP contribution in [0.1, 0.15) is 32.6 Å². The van der Waals surface area contributed by atoms with Crippen LogP contribution in [0.25, 0.3) is 0 Å². The lowest BCUT2D eigenvalue weighted by Gasteiger charge is -2.34. The average molecular weight is 273 g/mol. The van der Waals surface area contributed by atoms with Gasteiger partial charge in [0, 0.05) is 20.3 Å². The van der Waals surface area contributed by atoms with Crippen LogP contribution < -0.4 is 5.32 Å². The van der Waals surface area contributed by atoms with Gasteiger partial charge < -0.3 is 19.5 Å². The molecule has 0 aromatic heterocycles. The molecule has 0 radical (unpaired) electrons. The maximum atomic E-state index is 12.2. The molecular formula is C14H27NO4. The van der Waals surface area contributed by atoms with Gasteiger partial charge in [-0.25, -0.2) is 0 Å². The zero-order valence-electron chi connectivity index (χ0n) is 12.2. The molecule has 1 rings (SSSR count). The third-order valence-electron chi connectivity index (χ3n) is 3.77. The number of ether oxygens (including phenoxy) is 3. The van der Waals surface area contributed by atoms with Crippen molar-refractivity contribution in [1.29, 1.82) is 0 Å². The molecule has 0 amide bonds. The second-order valence-corrected chi connectivity index (χ2v) is 4.98. The van der Waals surface area contributed by atoms with E-state index in [-0.39, 0.29) is 11.4 Å². The van der Waals surface area contributed by atoms with Crippen molar-refractivity contribution < 1.29 is 19.0 Å². The molecule has 5 nitrogen and oxygen atoms in total. The van der Waals surface area contributed by atoms with Gasteiger partial charge >= 0.3 is 5.97 Å². The minimum absolute atomic E-state index is 0.0583. The third kappa shape index (κ3) is 5.47. The zero-order chi connectivity index (χ0) is 14.0. The van der Waals surface area contributed by atoms with Crippen molar-refractivity contribution in [3.63, 3.8) is 0 Å². The number of piperidine rings is 1. The van der Waals surface area contributed by atoms with Crippen molar-refractivity contribution in [3.05, 3.63) is 0 Å². The van der Waals surface area contributed by atoms with Gasteiger partial charge in [0.1, 0.15) is 6.61 Å². The molecule has 0 spiro atoms. The van der Waals surface area contributed by atoms with E-state index in [4.69, 9.17) is 14.2 Å². The van der Waals surface area contributed by atoms with Crippen LogP contribution in [0, 0.1) is 5.41 Å². The highest BCUT2D eigenvalue weighted by Gasteiger charge is 2.39. The molecule has 19 heavy (non-hydrogen) atoms. The van der Waals surface area contributed by atoms with Crippen LogP contribution in [0.3, 0.4) is 0 Å². The second-order valence-electron chi connectivity index (χ2n) is 4.98. The number of carbonyl (C=O) groups is 1. The number of methoxy groups -OCH3 is 1. The summed E-state index contributed by atoms with van der Waals surface area (Å²) in [6.07, 6.45) is 3.46. The van der Waals surface area contributed by atoms with Gasteiger partial charge in [0.2, 0.25) is 0 Å². The quantitative estimate of drug-likeness (QED) is 0.508. The first kappa shape index (κ1) is 16.4. The molecule has 1 aliphatic rings. The van der Waals surface area contributed by atoms with Crippen LogP contribution in [-0.4, -0.2) is 52.6 Å². The summed E-state index contributed by atoms with van der Waals surface area (Å²) in [6.45, 7) is 6.02. The van der Waals surface area contributed by atoms with E-state index in [9.17, 15) is 4.79 Å². The Morgan fingerprint density at radius 2 is 1.89 bits per heavy atom. The van der Waals surface area contributed by atoms with E-state index in [0.717, 1.165) is 38.8 Å². The Bertz CT molecular complexity index is 252. The Labute approximate surface area is 116 Å². The number of hydrogen-bond acceptors (Lipinski definition) is 5. The van der Waals surface area contributed by atoms with Crippen molar-refractivity contribution in [2.24, 2.45) is 5.41 Å². The van der Waals surface area contributed by atoms with Gasteiger partial charge in [-0.15, -0.1) is 0 Å². The predicted octanol–water partition coefficient (Wildman–Crippen LogP) is 1.36. The number of rotatable bonds is 9. The Morgan fingerprint density at radius 1 is 1.16 bits per heavy atom. The fraction of sp³-hybridized carbons (Fsp3) is 0.929.